The highest BCUT2D eigenvalue weighted by atomic mass is 16.5. The van der Waals surface area contributed by atoms with E-state index >= 15 is 0 Å². The fourth-order valence-electron chi connectivity index (χ4n) is 4.63. The van der Waals surface area contributed by atoms with Gasteiger partial charge >= 0.3 is 0 Å². The third kappa shape index (κ3) is 5.20. The standard InChI is InChI=1S/C25H34N4O2/c1-21(27-16-18-28(19-17-27)23-10-6-7-11-24(23)31-2)25(30)29-14-12-26(13-15-29)20-22-8-4-3-5-9-22/h3-11,21H,12-20H2,1-2H3. The van der Waals surface area contributed by atoms with Crippen LogP contribution in [0.2, 0.25) is 0 Å². The normalized spacial score (nSPS) is 19.3. The Bertz CT molecular complexity index is 844. The van der Waals surface area contributed by atoms with Crippen LogP contribution in [-0.4, -0.2) is 86.1 Å². The first kappa shape index (κ1) is 21.7. The number of rotatable bonds is 6. The van der Waals surface area contributed by atoms with Gasteiger partial charge in [0.15, 0.2) is 0 Å². The second-order valence-electron chi connectivity index (χ2n) is 8.46. The lowest BCUT2D eigenvalue weighted by Gasteiger charge is -2.41. The van der Waals surface area contributed by atoms with E-state index in [0.717, 1.165) is 70.3 Å². The number of hydrogen-bond acceptors (Lipinski definition) is 5. The second kappa shape index (κ2) is 10.2. The van der Waals surface area contributed by atoms with Crippen LogP contribution in [0.15, 0.2) is 54.6 Å². The molecule has 1 atom stereocenters. The molecule has 6 nitrogen and oxygen atoms in total. The zero-order valence-electron chi connectivity index (χ0n) is 18.7. The third-order valence-electron chi connectivity index (χ3n) is 6.58. The smallest absolute Gasteiger partial charge is 0.239 e. The van der Waals surface area contributed by atoms with Crippen molar-refractivity contribution in [1.82, 2.24) is 14.7 Å². The maximum atomic E-state index is 13.1. The predicted molar refractivity (Wildman–Crippen MR) is 125 cm³/mol. The largest absolute Gasteiger partial charge is 0.495 e. The first-order chi connectivity index (χ1) is 15.2. The van der Waals surface area contributed by atoms with Gasteiger partial charge in [0.2, 0.25) is 5.91 Å². The molecule has 2 aliphatic heterocycles. The number of methoxy groups -OCH3 is 1. The number of carbonyl (C=O) groups excluding carboxylic acids is 1. The molecule has 166 valence electrons. The fourth-order valence-corrected chi connectivity index (χ4v) is 4.63. The van der Waals surface area contributed by atoms with Gasteiger partial charge in [0.05, 0.1) is 18.8 Å². The summed E-state index contributed by atoms with van der Waals surface area (Å²) in [5, 5.41) is 0. The van der Waals surface area contributed by atoms with Gasteiger partial charge in [0.25, 0.3) is 0 Å². The first-order valence-corrected chi connectivity index (χ1v) is 11.3. The van der Waals surface area contributed by atoms with Crippen LogP contribution in [0.5, 0.6) is 5.75 Å². The van der Waals surface area contributed by atoms with Crippen molar-refractivity contribution in [2.45, 2.75) is 19.5 Å². The molecular weight excluding hydrogens is 388 g/mol. The summed E-state index contributed by atoms with van der Waals surface area (Å²) in [6.45, 7) is 10.1. The lowest BCUT2D eigenvalue weighted by molar-refractivity contribution is -0.138. The molecule has 31 heavy (non-hydrogen) atoms. The number of amides is 1. The van der Waals surface area contributed by atoms with Crippen molar-refractivity contribution in [3.05, 3.63) is 60.2 Å². The lowest BCUT2D eigenvalue weighted by atomic mass is 10.1. The Hall–Kier alpha value is -2.57. The first-order valence-electron chi connectivity index (χ1n) is 11.3. The number of carbonyl (C=O) groups is 1. The Kier molecular flexibility index (Phi) is 7.10. The van der Waals surface area contributed by atoms with Crippen molar-refractivity contribution < 1.29 is 9.53 Å². The average Bonchev–Trinajstić information content (AvgIpc) is 2.84. The van der Waals surface area contributed by atoms with Crippen LogP contribution < -0.4 is 9.64 Å². The maximum absolute atomic E-state index is 13.1. The van der Waals surface area contributed by atoms with E-state index in [1.165, 1.54) is 5.56 Å². The summed E-state index contributed by atoms with van der Waals surface area (Å²) in [4.78, 5) is 22.3. The van der Waals surface area contributed by atoms with Gasteiger partial charge in [0.1, 0.15) is 5.75 Å². The van der Waals surface area contributed by atoms with Crippen LogP contribution >= 0.6 is 0 Å². The highest BCUT2D eigenvalue weighted by molar-refractivity contribution is 5.81. The molecule has 2 fully saturated rings. The van der Waals surface area contributed by atoms with Gasteiger partial charge in [-0.3, -0.25) is 14.6 Å². The molecule has 1 unspecified atom stereocenters. The van der Waals surface area contributed by atoms with E-state index < -0.39 is 0 Å². The van der Waals surface area contributed by atoms with Gasteiger partial charge in [-0.05, 0) is 24.6 Å². The Morgan fingerprint density at radius 2 is 1.52 bits per heavy atom. The van der Waals surface area contributed by atoms with E-state index in [4.69, 9.17) is 4.74 Å². The third-order valence-corrected chi connectivity index (χ3v) is 6.58. The van der Waals surface area contributed by atoms with E-state index in [1.807, 2.05) is 18.2 Å². The second-order valence-corrected chi connectivity index (χ2v) is 8.46. The van der Waals surface area contributed by atoms with Gasteiger partial charge in [-0.1, -0.05) is 42.5 Å². The molecule has 0 saturated carbocycles. The van der Waals surface area contributed by atoms with Crippen LogP contribution in [0, 0.1) is 0 Å². The molecule has 4 rings (SSSR count). The molecule has 6 heteroatoms. The van der Waals surface area contributed by atoms with Gasteiger partial charge in [-0.15, -0.1) is 0 Å². The number of hydrogen-bond donors (Lipinski definition) is 0. The molecule has 0 spiro atoms. The summed E-state index contributed by atoms with van der Waals surface area (Å²) in [5.74, 6) is 1.18. The van der Waals surface area contributed by atoms with Crippen molar-refractivity contribution >= 4 is 11.6 Å². The summed E-state index contributed by atoms with van der Waals surface area (Å²) in [6.07, 6.45) is 0. The highest BCUT2D eigenvalue weighted by Gasteiger charge is 2.31. The van der Waals surface area contributed by atoms with E-state index in [1.54, 1.807) is 7.11 Å². The minimum Gasteiger partial charge on any atom is -0.495 e. The van der Waals surface area contributed by atoms with Gasteiger partial charge < -0.3 is 14.5 Å². The summed E-state index contributed by atoms with van der Waals surface area (Å²) in [5.41, 5.74) is 2.47. The van der Waals surface area contributed by atoms with Crippen molar-refractivity contribution in [2.75, 3.05) is 64.4 Å². The summed E-state index contributed by atoms with van der Waals surface area (Å²) in [6, 6.07) is 18.7. The molecule has 2 aromatic carbocycles. The molecule has 0 bridgehead atoms. The molecule has 0 radical (unpaired) electrons. The lowest BCUT2D eigenvalue weighted by Crippen LogP contribution is -2.57. The monoisotopic (exact) mass is 422 g/mol. The van der Waals surface area contributed by atoms with E-state index in [0.29, 0.717) is 0 Å². The molecule has 0 N–H and O–H groups in total. The minimum absolute atomic E-state index is 0.0690. The molecule has 2 heterocycles. The fraction of sp³-hybridized carbons (Fsp3) is 0.480. The predicted octanol–water partition coefficient (Wildman–Crippen LogP) is 2.55. The quantitative estimate of drug-likeness (QED) is 0.716. The molecular formula is C25H34N4O2. The Morgan fingerprint density at radius 3 is 2.19 bits per heavy atom. The van der Waals surface area contributed by atoms with Crippen LogP contribution in [0.25, 0.3) is 0 Å². The van der Waals surface area contributed by atoms with Crippen molar-refractivity contribution in [3.63, 3.8) is 0 Å². The van der Waals surface area contributed by atoms with Crippen LogP contribution in [0.3, 0.4) is 0 Å². The molecule has 2 aliphatic rings. The molecule has 2 aromatic rings. The van der Waals surface area contributed by atoms with Crippen LogP contribution in [-0.2, 0) is 11.3 Å². The van der Waals surface area contributed by atoms with Gasteiger partial charge in [-0.25, -0.2) is 0 Å². The number of anilines is 1. The summed E-state index contributed by atoms with van der Waals surface area (Å²) >= 11 is 0. The number of benzene rings is 2. The Morgan fingerprint density at radius 1 is 0.871 bits per heavy atom. The van der Waals surface area contributed by atoms with Crippen molar-refractivity contribution in [2.24, 2.45) is 0 Å². The zero-order valence-corrected chi connectivity index (χ0v) is 18.7. The SMILES string of the molecule is COc1ccccc1N1CCN(C(C)C(=O)N2CCN(Cc3ccccc3)CC2)CC1. The number of ether oxygens (including phenoxy) is 1. The number of nitrogens with zero attached hydrogens (tertiary/aromatic N) is 4. The van der Waals surface area contributed by atoms with Gasteiger partial charge in [0, 0.05) is 58.9 Å². The topological polar surface area (TPSA) is 39.3 Å². The zero-order chi connectivity index (χ0) is 21.6. The minimum atomic E-state index is -0.0690. The summed E-state index contributed by atoms with van der Waals surface area (Å²) in [7, 11) is 1.72. The Labute approximate surface area is 186 Å². The number of piperazine rings is 2. The van der Waals surface area contributed by atoms with Crippen molar-refractivity contribution in [3.8, 4) is 5.75 Å². The van der Waals surface area contributed by atoms with E-state index in [2.05, 4.69) is 62.9 Å². The average molecular weight is 423 g/mol. The van der Waals surface area contributed by atoms with E-state index in [-0.39, 0.29) is 11.9 Å². The molecule has 0 aliphatic carbocycles. The Balaban J connectivity index is 1.26. The van der Waals surface area contributed by atoms with E-state index in [9.17, 15) is 4.79 Å². The molecule has 2 saturated heterocycles. The van der Waals surface area contributed by atoms with Crippen molar-refractivity contribution in [1.29, 1.82) is 0 Å². The molecule has 1 amide bonds. The molecule has 0 aromatic heterocycles. The maximum Gasteiger partial charge on any atom is 0.239 e. The summed E-state index contributed by atoms with van der Waals surface area (Å²) < 4.78 is 5.52. The number of para-hydroxylation sites is 2. The van der Waals surface area contributed by atoms with Crippen LogP contribution in [0.4, 0.5) is 5.69 Å². The van der Waals surface area contributed by atoms with Gasteiger partial charge in [-0.2, -0.15) is 0 Å². The van der Waals surface area contributed by atoms with Crippen LogP contribution in [0.1, 0.15) is 12.5 Å². The highest BCUT2D eigenvalue weighted by Crippen LogP contribution is 2.28.